The van der Waals surface area contributed by atoms with Gasteiger partial charge in [0.25, 0.3) is 5.91 Å². The molecule has 3 rings (SSSR count). The minimum absolute atomic E-state index is 0.220. The van der Waals surface area contributed by atoms with Crippen LogP contribution >= 0.6 is 12.2 Å². The first-order valence-corrected chi connectivity index (χ1v) is 8.34. The summed E-state index contributed by atoms with van der Waals surface area (Å²) in [5.41, 5.74) is 2.15. The van der Waals surface area contributed by atoms with E-state index in [2.05, 4.69) is 10.6 Å². The van der Waals surface area contributed by atoms with Crippen LogP contribution in [-0.4, -0.2) is 29.2 Å². The van der Waals surface area contributed by atoms with Crippen molar-refractivity contribution in [2.75, 3.05) is 7.11 Å². The highest BCUT2D eigenvalue weighted by molar-refractivity contribution is 7.80. The van der Waals surface area contributed by atoms with Crippen molar-refractivity contribution >= 4 is 35.3 Å². The van der Waals surface area contributed by atoms with Crippen LogP contribution in [0.2, 0.25) is 0 Å². The van der Waals surface area contributed by atoms with Gasteiger partial charge >= 0.3 is 5.97 Å². The van der Waals surface area contributed by atoms with Gasteiger partial charge in [-0.25, -0.2) is 4.79 Å². The predicted octanol–water partition coefficient (Wildman–Crippen LogP) is 2.32. The van der Waals surface area contributed by atoms with E-state index >= 15 is 0 Å². The molecule has 138 valence electrons. The molecule has 2 aromatic rings. The topological polar surface area (TPSA) is 96.9 Å². The number of nitrogens with one attached hydrogen (secondary N) is 2. The molecule has 0 aliphatic carbocycles. The molecule has 1 aliphatic heterocycles. The fourth-order valence-electron chi connectivity index (χ4n) is 2.45. The molecule has 1 amide bonds. The van der Waals surface area contributed by atoms with Gasteiger partial charge in [0.2, 0.25) is 0 Å². The summed E-state index contributed by atoms with van der Waals surface area (Å²) in [6.07, 6.45) is 1.66. The number of amides is 1. The molecule has 7 nitrogen and oxygen atoms in total. The van der Waals surface area contributed by atoms with Crippen LogP contribution in [0.25, 0.3) is 6.08 Å². The van der Waals surface area contributed by atoms with Gasteiger partial charge in [0.05, 0.1) is 12.7 Å². The van der Waals surface area contributed by atoms with Crippen LogP contribution in [0.4, 0.5) is 0 Å². The first kappa shape index (κ1) is 18.4. The molecule has 1 aliphatic rings. The van der Waals surface area contributed by atoms with E-state index in [4.69, 9.17) is 26.8 Å². The number of benzene rings is 2. The summed E-state index contributed by atoms with van der Waals surface area (Å²) in [6.45, 7) is 0.259. The smallest absolute Gasteiger partial charge is 0.335 e. The molecular weight excluding hydrogens is 368 g/mol. The SMILES string of the molecule is COc1cc(/C=C2/NC(=S)NC2=O)ccc1OCc1ccc(C(=O)O)cc1. The lowest BCUT2D eigenvalue weighted by molar-refractivity contribution is -0.115. The Hall–Kier alpha value is -3.39. The fourth-order valence-corrected chi connectivity index (χ4v) is 2.65. The third-order valence-electron chi connectivity index (χ3n) is 3.81. The Morgan fingerprint density at radius 2 is 1.89 bits per heavy atom. The van der Waals surface area contributed by atoms with Crippen LogP contribution < -0.4 is 20.1 Å². The van der Waals surface area contributed by atoms with Gasteiger partial charge < -0.3 is 19.9 Å². The molecule has 0 aromatic heterocycles. The lowest BCUT2D eigenvalue weighted by Gasteiger charge is -2.12. The van der Waals surface area contributed by atoms with E-state index in [1.165, 1.54) is 19.2 Å². The van der Waals surface area contributed by atoms with Crippen LogP contribution in [0.15, 0.2) is 48.2 Å². The maximum Gasteiger partial charge on any atom is 0.335 e. The molecule has 0 radical (unpaired) electrons. The maximum atomic E-state index is 11.7. The van der Waals surface area contributed by atoms with Crippen LogP contribution in [0, 0.1) is 0 Å². The molecule has 1 saturated heterocycles. The van der Waals surface area contributed by atoms with Gasteiger partial charge in [0.15, 0.2) is 16.6 Å². The second-order valence-electron chi connectivity index (χ2n) is 5.67. The average molecular weight is 384 g/mol. The summed E-state index contributed by atoms with van der Waals surface area (Å²) in [6, 6.07) is 11.7. The Bertz CT molecular complexity index is 938. The summed E-state index contributed by atoms with van der Waals surface area (Å²) in [5, 5.41) is 14.5. The number of ether oxygens (including phenoxy) is 2. The van der Waals surface area contributed by atoms with Crippen molar-refractivity contribution in [2.45, 2.75) is 6.61 Å². The molecule has 0 unspecified atom stereocenters. The third kappa shape index (κ3) is 4.42. The van der Waals surface area contributed by atoms with Crippen LogP contribution in [-0.2, 0) is 11.4 Å². The summed E-state index contributed by atoms with van der Waals surface area (Å²) < 4.78 is 11.1. The van der Waals surface area contributed by atoms with Gasteiger partial charge in [-0.2, -0.15) is 0 Å². The molecule has 1 heterocycles. The Morgan fingerprint density at radius 3 is 2.48 bits per heavy atom. The predicted molar refractivity (Wildman–Crippen MR) is 103 cm³/mol. The van der Waals surface area contributed by atoms with E-state index in [0.717, 1.165) is 11.1 Å². The summed E-state index contributed by atoms with van der Waals surface area (Å²) in [5.74, 6) is -0.224. The molecule has 0 spiro atoms. The van der Waals surface area contributed by atoms with Crippen molar-refractivity contribution in [1.29, 1.82) is 0 Å². The van der Waals surface area contributed by atoms with Gasteiger partial charge in [-0.15, -0.1) is 0 Å². The number of carbonyl (C=O) groups excluding carboxylic acids is 1. The standard InChI is InChI=1S/C19H16N2O5S/c1-25-16-9-12(8-14-17(22)21-19(27)20-14)4-7-15(16)26-10-11-2-5-13(6-3-11)18(23)24/h2-9H,10H2,1H3,(H,23,24)(H2,20,21,22,27)/b14-8+. The summed E-state index contributed by atoms with van der Waals surface area (Å²) in [7, 11) is 1.52. The van der Waals surface area contributed by atoms with Gasteiger partial charge in [0, 0.05) is 0 Å². The minimum Gasteiger partial charge on any atom is -0.493 e. The number of methoxy groups -OCH3 is 1. The van der Waals surface area contributed by atoms with Crippen LogP contribution in [0.1, 0.15) is 21.5 Å². The summed E-state index contributed by atoms with van der Waals surface area (Å²) in [4.78, 5) is 22.6. The second kappa shape index (κ2) is 7.88. The van der Waals surface area contributed by atoms with E-state index < -0.39 is 5.97 Å². The zero-order chi connectivity index (χ0) is 19.4. The Morgan fingerprint density at radius 1 is 1.15 bits per heavy atom. The van der Waals surface area contributed by atoms with E-state index in [1.54, 1.807) is 36.4 Å². The zero-order valence-electron chi connectivity index (χ0n) is 14.3. The number of aromatic carboxylic acids is 1. The molecule has 2 aromatic carbocycles. The first-order chi connectivity index (χ1) is 13.0. The molecule has 3 N–H and O–H groups in total. The Balaban J connectivity index is 1.73. The van der Waals surface area contributed by atoms with Gasteiger partial charge in [0.1, 0.15) is 12.3 Å². The second-order valence-corrected chi connectivity index (χ2v) is 6.08. The number of carbonyl (C=O) groups is 2. The normalized spacial score (nSPS) is 14.6. The third-order valence-corrected chi connectivity index (χ3v) is 4.02. The first-order valence-electron chi connectivity index (χ1n) is 7.93. The van der Waals surface area contributed by atoms with Crippen LogP contribution in [0.5, 0.6) is 11.5 Å². The van der Waals surface area contributed by atoms with Crippen molar-refractivity contribution in [3.8, 4) is 11.5 Å². The van der Waals surface area contributed by atoms with Crippen LogP contribution in [0.3, 0.4) is 0 Å². The average Bonchev–Trinajstić information content (AvgIpc) is 2.97. The lowest BCUT2D eigenvalue weighted by atomic mass is 10.1. The molecule has 27 heavy (non-hydrogen) atoms. The summed E-state index contributed by atoms with van der Waals surface area (Å²) >= 11 is 4.90. The van der Waals surface area contributed by atoms with Crippen molar-refractivity contribution in [2.24, 2.45) is 0 Å². The number of carboxylic acid groups (broad SMARTS) is 1. The van der Waals surface area contributed by atoms with E-state index in [-0.39, 0.29) is 23.2 Å². The van der Waals surface area contributed by atoms with Crippen molar-refractivity contribution < 1.29 is 24.2 Å². The van der Waals surface area contributed by atoms with Gasteiger partial charge in [-0.1, -0.05) is 18.2 Å². The quantitative estimate of drug-likeness (QED) is 0.519. The number of hydrogen-bond acceptors (Lipinski definition) is 5. The van der Waals surface area contributed by atoms with Gasteiger partial charge in [-0.3, -0.25) is 10.1 Å². The number of hydrogen-bond donors (Lipinski definition) is 3. The molecular formula is C19H16N2O5S. The highest BCUT2D eigenvalue weighted by atomic mass is 32.1. The van der Waals surface area contributed by atoms with Crippen molar-refractivity contribution in [3.63, 3.8) is 0 Å². The number of carboxylic acids is 1. The lowest BCUT2D eigenvalue weighted by Crippen LogP contribution is -2.21. The van der Waals surface area contributed by atoms with E-state index in [1.807, 2.05) is 0 Å². The monoisotopic (exact) mass is 384 g/mol. The highest BCUT2D eigenvalue weighted by Crippen LogP contribution is 2.29. The molecule has 0 saturated carbocycles. The highest BCUT2D eigenvalue weighted by Gasteiger charge is 2.20. The number of thiocarbonyl (C=S) groups is 1. The van der Waals surface area contributed by atoms with E-state index in [9.17, 15) is 9.59 Å². The number of rotatable bonds is 6. The Labute approximate surface area is 160 Å². The molecule has 0 bridgehead atoms. The van der Waals surface area contributed by atoms with Crippen molar-refractivity contribution in [1.82, 2.24) is 10.6 Å². The van der Waals surface area contributed by atoms with Gasteiger partial charge in [-0.05, 0) is 53.7 Å². The Kier molecular flexibility index (Phi) is 5.37. The zero-order valence-corrected chi connectivity index (χ0v) is 15.1. The maximum absolute atomic E-state index is 11.7. The fraction of sp³-hybridized carbons (Fsp3) is 0.105. The minimum atomic E-state index is -0.972. The molecule has 1 fully saturated rings. The molecule has 8 heteroatoms. The van der Waals surface area contributed by atoms with E-state index in [0.29, 0.717) is 17.2 Å². The molecule has 0 atom stereocenters. The largest absolute Gasteiger partial charge is 0.493 e. The van der Waals surface area contributed by atoms with Crippen molar-refractivity contribution in [3.05, 3.63) is 64.9 Å².